The number of nitrogens with zero attached hydrogens (tertiary/aromatic N) is 8. The predicted molar refractivity (Wildman–Crippen MR) is 348 cm³/mol. The number of hydrogen-bond donors (Lipinski definition) is 3. The Morgan fingerprint density at radius 2 is 0.988 bits per heavy atom. The minimum atomic E-state index is -1.53. The summed E-state index contributed by atoms with van der Waals surface area (Å²) in [6.07, 6.45) is 28.4. The van der Waals surface area contributed by atoms with Crippen LogP contribution in [0.15, 0.2) is 262 Å². The first-order valence-electron chi connectivity index (χ1n) is 26.7. The van der Waals surface area contributed by atoms with Gasteiger partial charge in [0.2, 0.25) is 0 Å². The van der Waals surface area contributed by atoms with Crippen molar-refractivity contribution in [1.82, 2.24) is 44.0 Å². The van der Waals surface area contributed by atoms with E-state index >= 15 is 0 Å². The van der Waals surface area contributed by atoms with Crippen molar-refractivity contribution in [2.24, 2.45) is 0 Å². The first kappa shape index (κ1) is 55.4. The molecule has 16 rings (SSSR count). The number of aromatic amines is 1. The third-order valence-corrected chi connectivity index (χ3v) is 16.0. The van der Waals surface area contributed by atoms with Gasteiger partial charge >= 0.3 is 7.12 Å². The number of halogens is 3. The van der Waals surface area contributed by atoms with E-state index in [0.29, 0.717) is 5.58 Å². The van der Waals surface area contributed by atoms with Crippen molar-refractivity contribution >= 4 is 148 Å². The Kier molecular flexibility index (Phi) is 16.9. The number of fused-ring (bicyclic) bond motifs is 8. The van der Waals surface area contributed by atoms with Gasteiger partial charge in [-0.25, -0.2) is 0 Å². The van der Waals surface area contributed by atoms with E-state index in [1.807, 2.05) is 129 Å². The fourth-order valence-electron chi connectivity index (χ4n) is 9.91. The van der Waals surface area contributed by atoms with Crippen molar-refractivity contribution in [2.45, 2.75) is 18.4 Å². The largest absolute Gasteiger partial charge is 0.526 e. The SMILES string of the molecule is BrCc1ccc2cncc(Br)c2c1.Brc1cncc2ccc(Cn3ccc4cnccc43)cc12.OB(O)c1cc2ccccc2o1.c1cc2[nH]ccc2cn1.c1ccc2oc(-c3cncc4ccc(Cn5ccc6ccncc65)cc34)cc2c1. The standard InChI is InChI=1S/C25H17N3O.C17H12BrN3.C10H7Br2N.C8H7BO3.C7H6N2/c1-2-4-24-19(3-1)12-25(29-24)22-14-27-13-20-6-5-17(11-21(20)22)16-28-10-8-18-7-9-26-15-23(18)28;18-16-10-20-8-13-2-1-12(7-15(13)16)11-21-6-4-14-9-19-5-3-17(14)21;11-4-7-1-2-8-5-13-6-10(12)9(8)3-7;10-9(11)8-5-6-3-1-2-4-7(6)12-8;1-4-9-7-2-3-8-5-6(1)7/h1-15H,16H2;1-10H,11H2;1-3,5-6H,4H2;1-5,10-11H;1-5,9H. The minimum absolute atomic E-state index is 0.177. The van der Waals surface area contributed by atoms with E-state index in [4.69, 9.17) is 18.9 Å². The highest BCUT2D eigenvalue weighted by molar-refractivity contribution is 9.11. The lowest BCUT2D eigenvalue weighted by Gasteiger charge is -2.09. The molecule has 0 saturated carbocycles. The van der Waals surface area contributed by atoms with E-state index in [-0.39, 0.29) is 5.66 Å². The Hall–Kier alpha value is -9.10. The molecule has 0 amide bonds. The number of aromatic nitrogens is 9. The number of rotatable bonds is 7. The molecule has 0 bridgehead atoms. The van der Waals surface area contributed by atoms with Gasteiger partial charge in [-0.15, -0.1) is 0 Å². The predicted octanol–water partition coefficient (Wildman–Crippen LogP) is 16.0. The van der Waals surface area contributed by atoms with Crippen molar-refractivity contribution in [1.29, 1.82) is 0 Å². The molecule has 13 nitrogen and oxygen atoms in total. The van der Waals surface area contributed by atoms with Gasteiger partial charge < -0.3 is 33.0 Å². The van der Waals surface area contributed by atoms with Crippen LogP contribution in [0, 0.1) is 0 Å². The molecule has 0 atom stereocenters. The van der Waals surface area contributed by atoms with E-state index < -0.39 is 7.12 Å². The number of para-hydroxylation sites is 2. The molecule has 16 aromatic rings. The Morgan fingerprint density at radius 3 is 1.65 bits per heavy atom. The maximum atomic E-state index is 8.79. The van der Waals surface area contributed by atoms with Gasteiger partial charge in [0.25, 0.3) is 0 Å². The van der Waals surface area contributed by atoms with Crippen LogP contribution >= 0.6 is 47.8 Å². The first-order chi connectivity index (χ1) is 41.2. The highest BCUT2D eigenvalue weighted by Gasteiger charge is 2.17. The zero-order valence-electron chi connectivity index (χ0n) is 44.7. The molecule has 5 aromatic carbocycles. The number of H-pyrrole nitrogens is 1. The molecule has 84 heavy (non-hydrogen) atoms. The van der Waals surface area contributed by atoms with Crippen LogP contribution in [0.5, 0.6) is 0 Å². The molecule has 11 aromatic heterocycles. The van der Waals surface area contributed by atoms with Crippen LogP contribution in [0.3, 0.4) is 0 Å². The third-order valence-electron chi connectivity index (χ3n) is 14.1. The number of benzene rings is 5. The third kappa shape index (κ3) is 12.6. The fraction of sp³-hybridized carbons (Fsp3) is 0.0448. The molecule has 0 radical (unpaired) electrons. The molecule has 0 spiro atoms. The number of nitrogens with one attached hydrogen (secondary N) is 1. The van der Waals surface area contributed by atoms with Gasteiger partial charge in [0.15, 0.2) is 0 Å². The second-order valence-electron chi connectivity index (χ2n) is 19.6. The van der Waals surface area contributed by atoms with Crippen molar-refractivity contribution < 1.29 is 18.9 Å². The van der Waals surface area contributed by atoms with E-state index in [0.717, 1.165) is 87.6 Å². The van der Waals surface area contributed by atoms with Gasteiger partial charge in [-0.05, 0) is 144 Å². The van der Waals surface area contributed by atoms with Crippen molar-refractivity contribution in [3.05, 3.63) is 270 Å². The minimum Gasteiger partial charge on any atom is -0.465 e. The number of pyridine rings is 6. The molecule has 0 fully saturated rings. The topological polar surface area (TPSA) is 170 Å². The van der Waals surface area contributed by atoms with Crippen LogP contribution in [0.1, 0.15) is 16.7 Å². The lowest BCUT2D eigenvalue weighted by atomic mass is 9.88. The van der Waals surface area contributed by atoms with Gasteiger partial charge in [-0.3, -0.25) is 29.9 Å². The summed E-state index contributed by atoms with van der Waals surface area (Å²) in [5.41, 5.74) is 10.0. The average Bonchev–Trinajstić information content (AvgIpc) is 4.57. The summed E-state index contributed by atoms with van der Waals surface area (Å²) in [6, 6.07) is 50.8. The molecule has 0 aliphatic carbocycles. The molecule has 0 aliphatic rings. The highest BCUT2D eigenvalue weighted by Crippen LogP contribution is 2.34. The smallest absolute Gasteiger partial charge is 0.465 e. The highest BCUT2D eigenvalue weighted by atomic mass is 79.9. The Balaban J connectivity index is 0.000000110. The second-order valence-corrected chi connectivity index (χ2v) is 21.9. The average molecular weight is 1290 g/mol. The van der Waals surface area contributed by atoms with Crippen molar-refractivity contribution in [3.8, 4) is 11.3 Å². The molecule has 17 heteroatoms. The Bertz CT molecular complexity index is 4830. The summed E-state index contributed by atoms with van der Waals surface area (Å²) >= 11 is 10.5. The van der Waals surface area contributed by atoms with E-state index in [1.165, 1.54) is 49.1 Å². The molecule has 0 saturated heterocycles. The molecule has 410 valence electrons. The van der Waals surface area contributed by atoms with Crippen LogP contribution in [-0.2, 0) is 18.4 Å². The van der Waals surface area contributed by atoms with Crippen LogP contribution < -0.4 is 5.66 Å². The molecule has 0 unspecified atom stereocenters. The van der Waals surface area contributed by atoms with Gasteiger partial charge in [-0.2, -0.15) is 0 Å². The van der Waals surface area contributed by atoms with E-state index in [9.17, 15) is 0 Å². The lowest BCUT2D eigenvalue weighted by molar-refractivity contribution is 0.412. The number of alkyl halides is 1. The number of hydrogen-bond acceptors (Lipinski definition) is 10. The van der Waals surface area contributed by atoms with Crippen LogP contribution in [-0.4, -0.2) is 61.2 Å². The van der Waals surface area contributed by atoms with Crippen LogP contribution in [0.2, 0.25) is 0 Å². The summed E-state index contributed by atoms with van der Waals surface area (Å²) < 4.78 is 17.8. The van der Waals surface area contributed by atoms with E-state index in [1.54, 1.807) is 18.3 Å². The summed E-state index contributed by atoms with van der Waals surface area (Å²) in [5.74, 6) is 0.845. The van der Waals surface area contributed by atoms with Crippen molar-refractivity contribution in [3.63, 3.8) is 0 Å². The van der Waals surface area contributed by atoms with Gasteiger partial charge in [0.1, 0.15) is 22.6 Å². The van der Waals surface area contributed by atoms with Crippen LogP contribution in [0.25, 0.3) is 98.3 Å². The molecular weight excluding hydrogens is 1250 g/mol. The Labute approximate surface area is 506 Å². The van der Waals surface area contributed by atoms with Crippen LogP contribution in [0.4, 0.5) is 0 Å². The molecule has 11 heterocycles. The van der Waals surface area contributed by atoms with E-state index in [2.05, 4.69) is 189 Å². The quantitative estimate of drug-likeness (QED) is 0.103. The zero-order chi connectivity index (χ0) is 57.4. The van der Waals surface area contributed by atoms with Gasteiger partial charge in [0.05, 0.1) is 17.2 Å². The Morgan fingerprint density at radius 1 is 0.440 bits per heavy atom. The normalized spacial score (nSPS) is 11.1. The maximum Gasteiger partial charge on any atom is 0.526 e. The summed E-state index contributed by atoms with van der Waals surface area (Å²) in [4.78, 5) is 28.2. The van der Waals surface area contributed by atoms with Gasteiger partial charge in [0, 0.05) is 168 Å². The van der Waals surface area contributed by atoms with Gasteiger partial charge in [-0.1, -0.05) is 88.7 Å². The fourth-order valence-corrected chi connectivity index (χ4v) is 11.2. The van der Waals surface area contributed by atoms with Crippen molar-refractivity contribution in [2.75, 3.05) is 0 Å². The number of furan rings is 2. The monoisotopic (exact) mass is 1290 g/mol. The summed E-state index contributed by atoms with van der Waals surface area (Å²) in [6.45, 7) is 1.63. The summed E-state index contributed by atoms with van der Waals surface area (Å²) in [7, 11) is -1.53. The first-order valence-corrected chi connectivity index (χ1v) is 29.4. The lowest BCUT2D eigenvalue weighted by Crippen LogP contribution is -2.27. The zero-order valence-corrected chi connectivity index (χ0v) is 49.5. The molecule has 0 aliphatic heterocycles. The molecule has 3 N–H and O–H groups in total. The molecular formula is C67H49BBr3N9O4. The maximum absolute atomic E-state index is 8.79. The summed E-state index contributed by atoms with van der Waals surface area (Å²) in [5, 5.41) is 30.9. The second kappa shape index (κ2) is 25.6.